The van der Waals surface area contributed by atoms with Crippen LogP contribution in [0.2, 0.25) is 0 Å². The number of ether oxygens (including phenoxy) is 1. The summed E-state index contributed by atoms with van der Waals surface area (Å²) in [7, 11) is 0. The first-order valence-corrected chi connectivity index (χ1v) is 10.5. The molecule has 0 spiro atoms. The molecule has 0 N–H and O–H groups in total. The van der Waals surface area contributed by atoms with Crippen LogP contribution in [0, 0.1) is 10.1 Å². The second-order valence-corrected chi connectivity index (χ2v) is 7.52. The molecule has 0 saturated carbocycles. The Morgan fingerprint density at radius 3 is 1.80 bits per heavy atom. The first-order chi connectivity index (χ1) is 14.5. The van der Waals surface area contributed by atoms with E-state index >= 15 is 0 Å². The predicted molar refractivity (Wildman–Crippen MR) is 116 cm³/mol. The molecule has 0 amide bonds. The fraction of sp³-hybridized carbons (Fsp3) is 0.435. The van der Waals surface area contributed by atoms with Crippen LogP contribution in [0.3, 0.4) is 0 Å². The molecule has 0 bridgehead atoms. The maximum absolute atomic E-state index is 11.7. The minimum absolute atomic E-state index is 0.142. The number of non-ortho nitro benzene ring substituents is 1. The summed E-state index contributed by atoms with van der Waals surface area (Å²) in [6, 6.07) is 14.5. The van der Waals surface area contributed by atoms with Gasteiger partial charge in [-0.2, -0.15) is 0 Å². The van der Waals surface area contributed by atoms with Crippen molar-refractivity contribution >= 4 is 11.7 Å². The van der Waals surface area contributed by atoms with Gasteiger partial charge >= 0.3 is 5.97 Å². The maximum atomic E-state index is 11.7. The summed E-state index contributed by atoms with van der Waals surface area (Å²) >= 11 is 0. The summed E-state index contributed by atoms with van der Waals surface area (Å²) in [6.45, 7) is 8.34. The van der Waals surface area contributed by atoms with Crippen LogP contribution >= 0.6 is 0 Å². The van der Waals surface area contributed by atoms with E-state index in [1.165, 1.54) is 5.56 Å². The Bertz CT molecular complexity index is 829. The van der Waals surface area contributed by atoms with Crippen LogP contribution < -0.4 is 0 Å². The minimum Gasteiger partial charge on any atom is -0.462 e. The molecule has 30 heavy (non-hydrogen) atoms. The van der Waals surface area contributed by atoms with Gasteiger partial charge in [0.1, 0.15) is 0 Å². The van der Waals surface area contributed by atoms with Crippen LogP contribution in [-0.4, -0.2) is 66.6 Å². The predicted octanol–water partition coefficient (Wildman–Crippen LogP) is 3.17. The zero-order valence-corrected chi connectivity index (χ0v) is 17.5. The Kier molecular flexibility index (Phi) is 7.93. The number of esters is 1. The molecule has 160 valence electrons. The first kappa shape index (κ1) is 21.9. The smallest absolute Gasteiger partial charge is 0.338 e. The highest BCUT2D eigenvalue weighted by Gasteiger charge is 2.16. The summed E-state index contributed by atoms with van der Waals surface area (Å²) in [4.78, 5) is 27.0. The van der Waals surface area contributed by atoms with Crippen LogP contribution in [0.1, 0.15) is 28.4 Å². The van der Waals surface area contributed by atoms with Crippen molar-refractivity contribution in [1.82, 2.24) is 9.80 Å². The number of hydrogen-bond donors (Lipinski definition) is 0. The molecule has 1 saturated heterocycles. The molecule has 0 aliphatic carbocycles. The third kappa shape index (κ3) is 6.37. The third-order valence-corrected chi connectivity index (χ3v) is 5.51. The van der Waals surface area contributed by atoms with E-state index in [-0.39, 0.29) is 16.6 Å². The molecule has 0 unspecified atom stereocenters. The molecule has 1 aliphatic heterocycles. The number of benzene rings is 2. The average molecular weight is 412 g/mol. The average Bonchev–Trinajstić information content (AvgIpc) is 2.78. The van der Waals surface area contributed by atoms with Crippen LogP contribution in [0.25, 0.3) is 0 Å². The Balaban J connectivity index is 1.36. The van der Waals surface area contributed by atoms with E-state index in [1.54, 1.807) is 12.1 Å². The number of carbonyl (C=O) groups excluding carboxylic acids is 1. The van der Waals surface area contributed by atoms with Crippen molar-refractivity contribution < 1.29 is 14.5 Å². The number of piperazine rings is 1. The normalized spacial score (nSPS) is 15.1. The summed E-state index contributed by atoms with van der Waals surface area (Å²) in [5.74, 6) is -0.270. The number of rotatable bonds is 9. The van der Waals surface area contributed by atoms with Crippen molar-refractivity contribution in [2.75, 3.05) is 45.9 Å². The Labute approximate surface area is 177 Å². The molecule has 2 aromatic carbocycles. The van der Waals surface area contributed by atoms with Crippen molar-refractivity contribution in [2.45, 2.75) is 19.8 Å². The van der Waals surface area contributed by atoms with Crippen LogP contribution in [0.4, 0.5) is 5.69 Å². The molecule has 0 atom stereocenters. The number of nitro groups is 1. The standard InChI is InChI=1S/C23H29N3O4/c1-2-30-23(27)21-7-3-19(4-8-21)11-13-24-15-17-25(18-16-24)14-12-20-5-9-22(10-6-20)26(28)29/h3-10H,2,11-18H2,1H3. The second-order valence-electron chi connectivity index (χ2n) is 7.52. The number of nitro benzene ring substituents is 1. The fourth-order valence-corrected chi connectivity index (χ4v) is 3.62. The highest BCUT2D eigenvalue weighted by Crippen LogP contribution is 2.13. The lowest BCUT2D eigenvalue weighted by molar-refractivity contribution is -0.384. The van der Waals surface area contributed by atoms with E-state index in [0.717, 1.165) is 57.7 Å². The zero-order chi connectivity index (χ0) is 21.3. The van der Waals surface area contributed by atoms with E-state index in [4.69, 9.17) is 4.74 Å². The highest BCUT2D eigenvalue weighted by atomic mass is 16.6. The van der Waals surface area contributed by atoms with Crippen LogP contribution in [-0.2, 0) is 17.6 Å². The lowest BCUT2D eigenvalue weighted by Crippen LogP contribution is -2.47. The summed E-state index contributed by atoms with van der Waals surface area (Å²) in [5, 5.41) is 10.7. The zero-order valence-electron chi connectivity index (χ0n) is 17.5. The van der Waals surface area contributed by atoms with E-state index in [2.05, 4.69) is 9.80 Å². The quantitative estimate of drug-likeness (QED) is 0.358. The topological polar surface area (TPSA) is 75.9 Å². The van der Waals surface area contributed by atoms with E-state index < -0.39 is 0 Å². The number of carbonyl (C=O) groups is 1. The van der Waals surface area contributed by atoms with E-state index in [0.29, 0.717) is 12.2 Å². The lowest BCUT2D eigenvalue weighted by atomic mass is 10.1. The molecule has 1 heterocycles. The van der Waals surface area contributed by atoms with Crippen molar-refractivity contribution in [1.29, 1.82) is 0 Å². The van der Waals surface area contributed by atoms with Gasteiger partial charge in [0, 0.05) is 51.4 Å². The van der Waals surface area contributed by atoms with Crippen molar-refractivity contribution in [3.8, 4) is 0 Å². The molecule has 7 heteroatoms. The molecule has 0 aromatic heterocycles. The van der Waals surface area contributed by atoms with Crippen LogP contribution in [0.5, 0.6) is 0 Å². The first-order valence-electron chi connectivity index (χ1n) is 10.5. The Morgan fingerprint density at radius 1 is 0.900 bits per heavy atom. The fourth-order valence-electron chi connectivity index (χ4n) is 3.62. The lowest BCUT2D eigenvalue weighted by Gasteiger charge is -2.34. The van der Waals surface area contributed by atoms with Gasteiger partial charge in [-0.3, -0.25) is 10.1 Å². The summed E-state index contributed by atoms with van der Waals surface area (Å²) in [6.07, 6.45) is 1.87. The Hall–Kier alpha value is -2.77. The van der Waals surface area contributed by atoms with Gasteiger partial charge in [0.25, 0.3) is 5.69 Å². The molecular weight excluding hydrogens is 382 g/mol. The largest absolute Gasteiger partial charge is 0.462 e. The maximum Gasteiger partial charge on any atom is 0.338 e. The third-order valence-electron chi connectivity index (χ3n) is 5.51. The SMILES string of the molecule is CCOC(=O)c1ccc(CCN2CCN(CCc3ccc([N+](=O)[O-])cc3)CC2)cc1. The molecular formula is C23H29N3O4. The highest BCUT2D eigenvalue weighted by molar-refractivity contribution is 5.89. The molecule has 3 rings (SSSR count). The van der Waals surface area contributed by atoms with Crippen molar-refractivity contribution in [3.63, 3.8) is 0 Å². The van der Waals surface area contributed by atoms with Gasteiger partial charge in [0.15, 0.2) is 0 Å². The van der Waals surface area contributed by atoms with Gasteiger partial charge in [-0.15, -0.1) is 0 Å². The van der Waals surface area contributed by atoms with E-state index in [9.17, 15) is 14.9 Å². The van der Waals surface area contributed by atoms with Gasteiger partial charge in [0.05, 0.1) is 17.1 Å². The molecule has 2 aromatic rings. The molecule has 1 aliphatic rings. The number of nitrogens with zero attached hydrogens (tertiary/aromatic N) is 3. The van der Waals surface area contributed by atoms with Gasteiger partial charge < -0.3 is 14.5 Å². The summed E-state index contributed by atoms with van der Waals surface area (Å²) < 4.78 is 5.02. The van der Waals surface area contributed by atoms with Gasteiger partial charge in [-0.1, -0.05) is 24.3 Å². The van der Waals surface area contributed by atoms with Gasteiger partial charge in [-0.05, 0) is 43.0 Å². The van der Waals surface area contributed by atoms with Crippen molar-refractivity contribution in [3.05, 3.63) is 75.3 Å². The minimum atomic E-state index is -0.363. The van der Waals surface area contributed by atoms with Gasteiger partial charge in [-0.25, -0.2) is 4.79 Å². The molecule has 7 nitrogen and oxygen atoms in total. The molecule has 1 fully saturated rings. The van der Waals surface area contributed by atoms with Crippen LogP contribution in [0.15, 0.2) is 48.5 Å². The monoisotopic (exact) mass is 411 g/mol. The summed E-state index contributed by atoms with van der Waals surface area (Å²) in [5.41, 5.74) is 3.10. The number of hydrogen-bond acceptors (Lipinski definition) is 6. The molecule has 0 radical (unpaired) electrons. The van der Waals surface area contributed by atoms with Gasteiger partial charge in [0.2, 0.25) is 0 Å². The Morgan fingerprint density at radius 2 is 1.37 bits per heavy atom. The van der Waals surface area contributed by atoms with E-state index in [1.807, 2.05) is 43.3 Å². The second kappa shape index (κ2) is 10.8. The van der Waals surface area contributed by atoms with Crippen molar-refractivity contribution in [2.24, 2.45) is 0 Å².